The third-order valence-electron chi connectivity index (χ3n) is 1.90. The molecule has 4 heteroatoms. The molecule has 0 spiro atoms. The fourth-order valence-electron chi connectivity index (χ4n) is 1.19. The Kier molecular flexibility index (Phi) is 3.50. The fraction of sp³-hybridized carbons (Fsp3) is 0.222. The zero-order valence-electron chi connectivity index (χ0n) is 7.09. The van der Waals surface area contributed by atoms with Crippen LogP contribution in [0.2, 0.25) is 0 Å². The number of hydrogen-bond acceptors (Lipinski definition) is 3. The predicted octanol–water partition coefficient (Wildman–Crippen LogP) is 0.696. The standard InChI is InChI=1S/C9H10BNO2/c11-7-6-9(10(12)13)8-4-2-1-3-5-8/h1-5,9,12-13H,6H2. The van der Waals surface area contributed by atoms with Crippen molar-refractivity contribution in [2.45, 2.75) is 12.2 Å². The highest BCUT2D eigenvalue weighted by atomic mass is 16.4. The molecule has 1 rings (SSSR count). The van der Waals surface area contributed by atoms with E-state index < -0.39 is 12.9 Å². The SMILES string of the molecule is N#CCC(B(O)O)c1ccccc1. The molecule has 0 bridgehead atoms. The first kappa shape index (κ1) is 9.78. The lowest BCUT2D eigenvalue weighted by Crippen LogP contribution is -2.23. The van der Waals surface area contributed by atoms with Gasteiger partial charge >= 0.3 is 7.12 Å². The molecule has 1 aromatic carbocycles. The quantitative estimate of drug-likeness (QED) is 0.664. The lowest BCUT2D eigenvalue weighted by molar-refractivity contribution is 0.388. The molecule has 0 aliphatic carbocycles. The first-order chi connectivity index (χ1) is 6.25. The van der Waals surface area contributed by atoms with Gasteiger partial charge in [-0.3, -0.25) is 0 Å². The molecule has 0 fully saturated rings. The van der Waals surface area contributed by atoms with Crippen LogP contribution in [0.3, 0.4) is 0 Å². The summed E-state index contributed by atoms with van der Waals surface area (Å²) in [5, 5.41) is 26.5. The summed E-state index contributed by atoms with van der Waals surface area (Å²) in [7, 11) is -1.47. The van der Waals surface area contributed by atoms with Crippen LogP contribution < -0.4 is 0 Å². The van der Waals surface area contributed by atoms with Gasteiger partial charge in [-0.1, -0.05) is 30.3 Å². The van der Waals surface area contributed by atoms with E-state index >= 15 is 0 Å². The molecule has 0 aromatic heterocycles. The van der Waals surface area contributed by atoms with Gasteiger partial charge in [-0.25, -0.2) is 0 Å². The highest BCUT2D eigenvalue weighted by Gasteiger charge is 2.24. The first-order valence-corrected chi connectivity index (χ1v) is 4.03. The molecule has 0 aliphatic heterocycles. The van der Waals surface area contributed by atoms with Gasteiger partial charge in [0.15, 0.2) is 0 Å². The maximum atomic E-state index is 9.00. The molecule has 0 saturated heterocycles. The molecule has 0 radical (unpaired) electrons. The average Bonchev–Trinajstić information content (AvgIpc) is 2.15. The van der Waals surface area contributed by atoms with Crippen LogP contribution in [0.4, 0.5) is 0 Å². The van der Waals surface area contributed by atoms with Crippen LogP contribution in [0.5, 0.6) is 0 Å². The van der Waals surface area contributed by atoms with Gasteiger partial charge in [0.25, 0.3) is 0 Å². The van der Waals surface area contributed by atoms with Crippen LogP contribution in [-0.2, 0) is 0 Å². The van der Waals surface area contributed by atoms with E-state index in [4.69, 9.17) is 15.3 Å². The van der Waals surface area contributed by atoms with Crippen LogP contribution in [0.15, 0.2) is 30.3 Å². The largest absolute Gasteiger partial charge is 0.460 e. The summed E-state index contributed by atoms with van der Waals surface area (Å²) in [5.74, 6) is -0.508. The van der Waals surface area contributed by atoms with Crippen LogP contribution in [0, 0.1) is 11.3 Å². The molecule has 1 atom stereocenters. The zero-order chi connectivity index (χ0) is 9.68. The maximum Gasteiger partial charge on any atom is 0.460 e. The number of hydrogen-bond donors (Lipinski definition) is 2. The minimum atomic E-state index is -1.47. The number of nitrogens with zero attached hydrogens (tertiary/aromatic N) is 1. The molecule has 1 aromatic rings. The molecule has 0 heterocycles. The summed E-state index contributed by atoms with van der Waals surface area (Å²) >= 11 is 0. The zero-order valence-corrected chi connectivity index (χ0v) is 7.09. The molecular weight excluding hydrogens is 165 g/mol. The number of rotatable bonds is 3. The topological polar surface area (TPSA) is 64.2 Å². The summed E-state index contributed by atoms with van der Waals surface area (Å²) in [4.78, 5) is 0. The van der Waals surface area contributed by atoms with Gasteiger partial charge in [0.05, 0.1) is 6.07 Å². The summed E-state index contributed by atoms with van der Waals surface area (Å²) in [6, 6.07) is 10.9. The summed E-state index contributed by atoms with van der Waals surface area (Å²) < 4.78 is 0. The van der Waals surface area contributed by atoms with E-state index in [0.29, 0.717) is 0 Å². The van der Waals surface area contributed by atoms with Gasteiger partial charge < -0.3 is 10.0 Å². The van der Waals surface area contributed by atoms with Crippen molar-refractivity contribution in [3.05, 3.63) is 35.9 Å². The Hall–Kier alpha value is -1.31. The summed E-state index contributed by atoms with van der Waals surface area (Å²) in [5.41, 5.74) is 0.777. The fourth-order valence-corrected chi connectivity index (χ4v) is 1.19. The van der Waals surface area contributed by atoms with Gasteiger partial charge in [0, 0.05) is 12.2 Å². The number of benzene rings is 1. The molecule has 13 heavy (non-hydrogen) atoms. The molecule has 3 nitrogen and oxygen atoms in total. The van der Waals surface area contributed by atoms with E-state index in [2.05, 4.69) is 0 Å². The Morgan fingerprint density at radius 2 is 1.92 bits per heavy atom. The molecule has 1 unspecified atom stereocenters. The monoisotopic (exact) mass is 175 g/mol. The Morgan fingerprint density at radius 1 is 1.31 bits per heavy atom. The molecule has 0 amide bonds. The van der Waals surface area contributed by atoms with Crippen LogP contribution in [-0.4, -0.2) is 17.2 Å². The van der Waals surface area contributed by atoms with Crippen molar-refractivity contribution in [3.63, 3.8) is 0 Å². The maximum absolute atomic E-state index is 9.00. The van der Waals surface area contributed by atoms with Crippen molar-refractivity contribution in [1.82, 2.24) is 0 Å². The van der Waals surface area contributed by atoms with Gasteiger partial charge in [0.1, 0.15) is 0 Å². The molecule has 66 valence electrons. The minimum Gasteiger partial charge on any atom is -0.427 e. The Labute approximate surface area is 77.4 Å². The predicted molar refractivity (Wildman–Crippen MR) is 49.6 cm³/mol. The third-order valence-corrected chi connectivity index (χ3v) is 1.90. The Bertz CT molecular complexity index is 294. The molecule has 2 N–H and O–H groups in total. The van der Waals surface area contributed by atoms with E-state index in [1.807, 2.05) is 24.3 Å². The van der Waals surface area contributed by atoms with Crippen molar-refractivity contribution in [2.75, 3.05) is 0 Å². The normalized spacial score (nSPS) is 11.8. The second-order valence-corrected chi connectivity index (χ2v) is 2.79. The van der Waals surface area contributed by atoms with Gasteiger partial charge in [-0.15, -0.1) is 0 Å². The van der Waals surface area contributed by atoms with Crippen LogP contribution in [0.1, 0.15) is 17.8 Å². The van der Waals surface area contributed by atoms with E-state index in [1.165, 1.54) is 0 Å². The highest BCUT2D eigenvalue weighted by molar-refractivity contribution is 6.43. The van der Waals surface area contributed by atoms with Crippen molar-refractivity contribution >= 4 is 7.12 Å². The van der Waals surface area contributed by atoms with E-state index in [0.717, 1.165) is 5.56 Å². The average molecular weight is 175 g/mol. The third kappa shape index (κ3) is 2.58. The van der Waals surface area contributed by atoms with Crippen molar-refractivity contribution < 1.29 is 10.0 Å². The van der Waals surface area contributed by atoms with E-state index in [9.17, 15) is 0 Å². The second kappa shape index (κ2) is 4.66. The summed E-state index contributed by atoms with van der Waals surface area (Å²) in [6.45, 7) is 0. The minimum absolute atomic E-state index is 0.113. The van der Waals surface area contributed by atoms with E-state index in [-0.39, 0.29) is 6.42 Å². The van der Waals surface area contributed by atoms with Crippen LogP contribution in [0.25, 0.3) is 0 Å². The van der Waals surface area contributed by atoms with Crippen molar-refractivity contribution in [3.8, 4) is 6.07 Å². The lowest BCUT2D eigenvalue weighted by Gasteiger charge is -2.11. The van der Waals surface area contributed by atoms with Gasteiger partial charge in [-0.05, 0) is 5.56 Å². The molecule has 0 saturated carbocycles. The summed E-state index contributed by atoms with van der Waals surface area (Å²) in [6.07, 6.45) is 0.113. The van der Waals surface area contributed by atoms with Gasteiger partial charge in [-0.2, -0.15) is 5.26 Å². The van der Waals surface area contributed by atoms with E-state index in [1.54, 1.807) is 12.1 Å². The second-order valence-electron chi connectivity index (χ2n) is 2.79. The lowest BCUT2D eigenvalue weighted by atomic mass is 9.67. The Morgan fingerprint density at radius 3 is 2.38 bits per heavy atom. The highest BCUT2D eigenvalue weighted by Crippen LogP contribution is 2.19. The van der Waals surface area contributed by atoms with Gasteiger partial charge in [0.2, 0.25) is 0 Å². The molecule has 0 aliphatic rings. The van der Waals surface area contributed by atoms with Crippen molar-refractivity contribution in [2.24, 2.45) is 0 Å². The first-order valence-electron chi connectivity index (χ1n) is 4.03. The van der Waals surface area contributed by atoms with Crippen LogP contribution >= 0.6 is 0 Å². The number of nitriles is 1. The van der Waals surface area contributed by atoms with Crippen molar-refractivity contribution in [1.29, 1.82) is 5.26 Å². The smallest absolute Gasteiger partial charge is 0.427 e. The molecular formula is C9H10BNO2. The Balaban J connectivity index is 2.84.